The molecule has 1 aliphatic heterocycles. The molecule has 1 aliphatic rings. The quantitative estimate of drug-likeness (QED) is 0.107. The molecule has 0 aliphatic carbocycles. The zero-order valence-corrected chi connectivity index (χ0v) is 21.3. The van der Waals surface area contributed by atoms with E-state index in [4.69, 9.17) is 14.6 Å². The van der Waals surface area contributed by atoms with Crippen LogP contribution in [0.15, 0.2) is 39.8 Å². The molecule has 5 N–H and O–H groups in total. The number of imidazole rings is 1. The van der Waals surface area contributed by atoms with Gasteiger partial charge in [-0.25, -0.2) is 14.6 Å². The molecule has 0 spiro atoms. The van der Waals surface area contributed by atoms with Crippen LogP contribution < -0.4 is 16.6 Å². The van der Waals surface area contributed by atoms with Crippen LogP contribution in [0.3, 0.4) is 0 Å². The maximum absolute atomic E-state index is 13.1. The predicted octanol–water partition coefficient (Wildman–Crippen LogP) is -1.91. The number of aliphatic hydroxyl groups excluding tert-OH is 3. The minimum absolute atomic E-state index is 0.102. The Kier molecular flexibility index (Phi) is 9.94. The number of hydrogen-bond acceptors (Lipinski definition) is 9. The van der Waals surface area contributed by atoms with E-state index in [2.05, 4.69) is 11.9 Å². The zero-order valence-electron chi connectivity index (χ0n) is 21.3. The van der Waals surface area contributed by atoms with Gasteiger partial charge in [-0.05, 0) is 25.5 Å². The second kappa shape index (κ2) is 12.9. The largest absolute Gasteiger partial charge is 0.460 e. The Hall–Kier alpha value is -3.10. The Morgan fingerprint density at radius 3 is 2.68 bits per heavy atom. The molecule has 1 saturated heterocycles. The van der Waals surface area contributed by atoms with Crippen molar-refractivity contribution >= 4 is 17.1 Å². The Balaban J connectivity index is 1.59. The molecule has 0 unspecified atom stereocenters. The normalized spacial score (nSPS) is 22.4. The van der Waals surface area contributed by atoms with E-state index < -0.39 is 48.4 Å². The first-order valence-electron chi connectivity index (χ1n) is 12.3. The number of ether oxygens (including phenoxy) is 2. The van der Waals surface area contributed by atoms with E-state index in [1.54, 1.807) is 37.1 Å². The third-order valence-electron chi connectivity index (χ3n) is 6.31. The molecule has 3 rings (SSSR count). The molecule has 37 heavy (non-hydrogen) atoms. The second-order valence-corrected chi connectivity index (χ2v) is 8.98. The van der Waals surface area contributed by atoms with E-state index in [-0.39, 0.29) is 18.7 Å². The Morgan fingerprint density at radius 2 is 2.00 bits per heavy atom. The summed E-state index contributed by atoms with van der Waals surface area (Å²) < 4.78 is 14.7. The lowest BCUT2D eigenvalue weighted by Gasteiger charge is -2.10. The van der Waals surface area contributed by atoms with Crippen molar-refractivity contribution in [2.24, 2.45) is 7.05 Å². The van der Waals surface area contributed by atoms with Gasteiger partial charge in [-0.3, -0.25) is 19.2 Å². The fraction of sp³-hybridized carbons (Fsp3) is 0.583. The summed E-state index contributed by atoms with van der Waals surface area (Å²) in [7, 11) is 1.55. The zero-order chi connectivity index (χ0) is 27.1. The summed E-state index contributed by atoms with van der Waals surface area (Å²) in [5, 5.41) is 30.3. The number of esters is 1. The van der Waals surface area contributed by atoms with Crippen LogP contribution in [0, 0.1) is 0 Å². The summed E-state index contributed by atoms with van der Waals surface area (Å²) in [5.41, 5.74) is -0.0764. The number of aromatic nitrogens is 4. The molecule has 0 radical (unpaired) electrons. The Labute approximate surface area is 213 Å². The minimum Gasteiger partial charge on any atom is -0.460 e. The van der Waals surface area contributed by atoms with Crippen LogP contribution in [0.2, 0.25) is 0 Å². The Morgan fingerprint density at radius 1 is 1.24 bits per heavy atom. The fourth-order valence-electron chi connectivity index (χ4n) is 4.09. The predicted molar refractivity (Wildman–Crippen MR) is 132 cm³/mol. The number of fused-ring (bicyclic) bond motifs is 1. The van der Waals surface area contributed by atoms with Crippen molar-refractivity contribution in [2.45, 2.75) is 70.7 Å². The Bertz CT molecular complexity index is 1260. The van der Waals surface area contributed by atoms with Crippen molar-refractivity contribution in [3.63, 3.8) is 0 Å². The van der Waals surface area contributed by atoms with Gasteiger partial charge in [0.05, 0.1) is 25.7 Å². The molecule has 4 atom stereocenters. The smallest absolute Gasteiger partial charge is 0.333 e. The monoisotopic (exact) mass is 522 g/mol. The fourth-order valence-corrected chi connectivity index (χ4v) is 4.09. The van der Waals surface area contributed by atoms with Gasteiger partial charge in [0.1, 0.15) is 18.8 Å². The first kappa shape index (κ1) is 28.5. The van der Waals surface area contributed by atoms with Crippen molar-refractivity contribution in [3.05, 3.63) is 51.1 Å². The molecule has 0 bridgehead atoms. The molecule has 2 aromatic heterocycles. The van der Waals surface area contributed by atoms with E-state index in [1.165, 1.54) is 16.0 Å². The minimum atomic E-state index is -1.18. The number of nitrogens with zero attached hydrogens (tertiary/aromatic N) is 4. The van der Waals surface area contributed by atoms with E-state index >= 15 is 0 Å². The molecular formula is C24H36N5O8+. The standard InChI is InChI=1S/C24H35N5O8/c1-4-5-6-10-28-14-26-20-17(28)22(33)29(24(35)27(20)3)11-12-36-23(34)15(2)8-7-9-25-21-19(32)18(31)16(13-30)37-21/h7-9,14,16,18-19,21,25,30-32H,4-6,10-13H2,1-3H3/p+1/b9-7-,15-8+/t16-,18-,19-,21-/m1/s1. The van der Waals surface area contributed by atoms with Crippen LogP contribution in [0.5, 0.6) is 0 Å². The number of hydrogen-bond donors (Lipinski definition) is 4. The van der Waals surface area contributed by atoms with Gasteiger partial charge in [0.25, 0.3) is 5.56 Å². The topological polar surface area (TPSA) is 175 Å². The number of carbonyl (C=O) groups excluding carboxylic acids is 1. The van der Waals surface area contributed by atoms with E-state index in [0.29, 0.717) is 17.7 Å². The number of quaternary nitrogens is 1. The summed E-state index contributed by atoms with van der Waals surface area (Å²) in [4.78, 5) is 42.3. The highest BCUT2D eigenvalue weighted by Crippen LogP contribution is 2.16. The highest BCUT2D eigenvalue weighted by molar-refractivity contribution is 5.88. The highest BCUT2D eigenvalue weighted by Gasteiger charge is 2.44. The number of allylic oxidation sites excluding steroid dienone is 2. The van der Waals surface area contributed by atoms with Gasteiger partial charge in [-0.15, -0.1) is 0 Å². The first-order chi connectivity index (χ1) is 17.7. The molecule has 0 amide bonds. The van der Waals surface area contributed by atoms with Gasteiger partial charge in [0.15, 0.2) is 17.3 Å². The maximum atomic E-state index is 13.1. The van der Waals surface area contributed by atoms with Crippen LogP contribution in [-0.4, -0.2) is 77.7 Å². The molecule has 204 valence electrons. The van der Waals surface area contributed by atoms with Crippen molar-refractivity contribution in [2.75, 3.05) is 13.2 Å². The number of rotatable bonds is 12. The van der Waals surface area contributed by atoms with Crippen molar-refractivity contribution in [1.82, 2.24) is 18.7 Å². The van der Waals surface area contributed by atoms with Crippen LogP contribution in [-0.2, 0) is 34.4 Å². The number of nitrogens with two attached hydrogens (primary N) is 1. The molecule has 13 nitrogen and oxygen atoms in total. The lowest BCUT2D eigenvalue weighted by atomic mass is 10.1. The van der Waals surface area contributed by atoms with Gasteiger partial charge in [0.2, 0.25) is 6.23 Å². The van der Waals surface area contributed by atoms with Crippen LogP contribution in [0.4, 0.5) is 0 Å². The number of aryl methyl sites for hydroxylation is 2. The molecule has 1 fully saturated rings. The highest BCUT2D eigenvalue weighted by atomic mass is 16.6. The molecule has 0 saturated carbocycles. The number of aliphatic hydroxyl groups is 3. The van der Waals surface area contributed by atoms with Gasteiger partial charge < -0.3 is 29.4 Å². The summed E-state index contributed by atoms with van der Waals surface area (Å²) in [5.74, 6) is -0.617. The van der Waals surface area contributed by atoms with Crippen LogP contribution in [0.25, 0.3) is 11.2 Å². The molecule has 0 aromatic carbocycles. The number of carbonyl (C=O) groups is 1. The van der Waals surface area contributed by atoms with E-state index in [9.17, 15) is 24.6 Å². The molecule has 13 heteroatoms. The third-order valence-corrected chi connectivity index (χ3v) is 6.31. The van der Waals surface area contributed by atoms with Gasteiger partial charge >= 0.3 is 11.7 Å². The van der Waals surface area contributed by atoms with Gasteiger partial charge in [-0.1, -0.05) is 19.8 Å². The summed E-state index contributed by atoms with van der Waals surface area (Å²) >= 11 is 0. The van der Waals surface area contributed by atoms with Crippen LogP contribution >= 0.6 is 0 Å². The van der Waals surface area contributed by atoms with E-state index in [0.717, 1.165) is 23.8 Å². The van der Waals surface area contributed by atoms with Gasteiger partial charge in [-0.2, -0.15) is 0 Å². The molecular weight excluding hydrogens is 486 g/mol. The maximum Gasteiger partial charge on any atom is 0.333 e. The summed E-state index contributed by atoms with van der Waals surface area (Å²) in [6.45, 7) is 3.57. The van der Waals surface area contributed by atoms with Crippen LogP contribution in [0.1, 0.15) is 33.1 Å². The molecule has 3 heterocycles. The number of unbranched alkanes of at least 4 members (excludes halogenated alkanes) is 2. The van der Waals surface area contributed by atoms with Crippen molar-refractivity contribution in [1.29, 1.82) is 0 Å². The summed E-state index contributed by atoms with van der Waals surface area (Å²) in [6, 6.07) is 0. The van der Waals surface area contributed by atoms with Crippen molar-refractivity contribution in [3.8, 4) is 0 Å². The lowest BCUT2D eigenvalue weighted by molar-refractivity contribution is -0.674. The van der Waals surface area contributed by atoms with Gasteiger partial charge in [0, 0.05) is 19.2 Å². The average Bonchev–Trinajstić information content (AvgIpc) is 3.43. The summed E-state index contributed by atoms with van der Waals surface area (Å²) in [6.07, 6.45) is 5.09. The second-order valence-electron chi connectivity index (χ2n) is 8.98. The SMILES string of the molecule is CCCCCn1cnc2c1c(=O)n(CCOC(=O)/C(C)=C/C=C\[NH2+][C@@H]1O[C@H](CO)[C@@H](O)[C@H]1O)c(=O)n2C. The molecule has 2 aromatic rings. The van der Waals surface area contributed by atoms with Crippen molar-refractivity contribution < 1.29 is 34.9 Å². The third kappa shape index (κ3) is 6.43. The first-order valence-corrected chi connectivity index (χ1v) is 12.3. The van der Waals surface area contributed by atoms with E-state index in [1.807, 2.05) is 0 Å². The average molecular weight is 523 g/mol. The lowest BCUT2D eigenvalue weighted by Crippen LogP contribution is -2.87.